The molecule has 120 heavy (non-hydrogen) atoms. The Kier molecular flexibility index (Phi) is 64.7. The zero-order valence-electron chi connectivity index (χ0n) is 79.1. The van der Waals surface area contributed by atoms with Crippen LogP contribution in [0.1, 0.15) is 478 Å². The molecule has 1 aromatic carbocycles. The molecule has 9 rings (SSSR count). The van der Waals surface area contributed by atoms with Gasteiger partial charge in [-0.3, -0.25) is 0 Å². The molecule has 6 atom stereocenters. The molecular weight excluding hydrogens is 1490 g/mol. The van der Waals surface area contributed by atoms with Crippen molar-refractivity contribution in [2.24, 2.45) is 75.4 Å². The average Bonchev–Trinajstić information content (AvgIpc) is 1.62. The minimum Gasteiger partial charge on any atom is -0.469 e. The van der Waals surface area contributed by atoms with Gasteiger partial charge in [0.1, 0.15) is 68.9 Å². The zero-order valence-corrected chi connectivity index (χ0v) is 79.9. The SMILES string of the molecule is C.C.C.C.C.C.C.C.C.CC(C)[C@H](C)c1cc2ccccc2o1.CC(C)c1coc([C@H](C(C)C)C(C)(C)C)c1.CC[C@H](c1cc(C(C)C)co1)C(C)C.CC[C@H](c1ccc(C)o1)C(C)C.Cc1cc(C(C(C)C)C(C)C)oc1C.Cc1ccc(C(C(C)C)C(C)C)o1.Cc1ccc([C@H](C(C)C)C(C)(C)C)o1.Cc1ccc([C@H](C(C)C)C(C)(C)C)s1. The van der Waals surface area contributed by atoms with Crippen molar-refractivity contribution < 1.29 is 30.9 Å². The van der Waals surface area contributed by atoms with Crippen LogP contribution in [0.3, 0.4) is 0 Å². The van der Waals surface area contributed by atoms with Crippen molar-refractivity contribution in [3.05, 3.63) is 199 Å². The van der Waals surface area contributed by atoms with Gasteiger partial charge in [0.25, 0.3) is 0 Å². The predicted octanol–water partition coefficient (Wildman–Crippen LogP) is 40.9. The molecule has 8 aromatic heterocycles. The summed E-state index contributed by atoms with van der Waals surface area (Å²) in [5, 5.41) is 1.20. The monoisotopic (exact) mass is 1690 g/mol. The molecule has 700 valence electrons. The number of thiophene rings is 1. The standard InChI is InChI=1S/C15H26O.C13H16O.3C13H22O.C13H22S.C12H20O.C11H18O.9CH4/c1-10(2)12-8-13(16-9-12)14(11(3)4)15(5,6)7;1-9(2)10(3)13-8-11-6-4-5-7-12(11)14-13;1-9(2)12(13(4,5)6)11-8-7-10(3)14-11;1-8(2)13(9(3)4)12-7-10(5)11(6)14-12;1-6-12(10(4)5)13-7-11(8-14-13)9(2)3;1-9(2)12(13(4,5)6)11-8-7-10(3)14-11;1-8(2)12(9(3)4)11-7-6-10(5)13-11;1-5-10(8(2)3)11-7-6-9(4)12-11;;;;;;;;;/h8-11,14H,1-7H3;4-10H,1-3H3;7-9,12H,1-6H3;7-9,13H,1-6H3;7-10,12H,6H2,1-5H3;7-9,12H,1-6H3;6-9,12H,1-5H3;6-8,10H,5H2,1-4H3;9*1H4/t14-;10-;12-;;2*12-;;10-;;;;;;;;;/m000.00.0........./s1. The molecule has 9 aromatic rings. The minimum absolute atomic E-state index is 0. The van der Waals surface area contributed by atoms with Crippen LogP contribution < -0.4 is 0 Å². The molecule has 0 aliphatic carbocycles. The Morgan fingerprint density at radius 1 is 0.308 bits per heavy atom. The van der Waals surface area contributed by atoms with E-state index in [1.165, 1.54) is 27.0 Å². The summed E-state index contributed by atoms with van der Waals surface area (Å²) in [6, 6.07) is 34.0. The van der Waals surface area contributed by atoms with Crippen LogP contribution in [0, 0.1) is 117 Å². The molecule has 0 saturated carbocycles. The van der Waals surface area contributed by atoms with E-state index in [1.807, 2.05) is 81.9 Å². The van der Waals surface area contributed by atoms with Crippen molar-refractivity contribution in [2.75, 3.05) is 0 Å². The molecule has 0 saturated heterocycles. The lowest BCUT2D eigenvalue weighted by Gasteiger charge is -2.33. The normalized spacial score (nSPS) is 12.7. The summed E-state index contributed by atoms with van der Waals surface area (Å²) in [7, 11) is 0. The second-order valence-corrected chi connectivity index (χ2v) is 40.9. The summed E-state index contributed by atoms with van der Waals surface area (Å²) < 4.78 is 40.0. The molecule has 0 amide bonds. The fourth-order valence-corrected chi connectivity index (χ4v) is 18.1. The highest BCUT2D eigenvalue weighted by Gasteiger charge is 2.34. The van der Waals surface area contributed by atoms with Gasteiger partial charge in [-0.1, -0.05) is 334 Å². The molecule has 0 bridgehead atoms. The van der Waals surface area contributed by atoms with Crippen LogP contribution in [0.25, 0.3) is 11.0 Å². The van der Waals surface area contributed by atoms with Crippen LogP contribution in [0.4, 0.5) is 0 Å². The maximum Gasteiger partial charge on any atom is 0.134 e. The quantitative estimate of drug-likeness (QED) is 0.0667. The van der Waals surface area contributed by atoms with E-state index in [0.717, 1.165) is 81.8 Å². The molecule has 0 unspecified atom stereocenters. The molecule has 0 radical (unpaired) electrons. The van der Waals surface area contributed by atoms with E-state index >= 15 is 0 Å². The van der Waals surface area contributed by atoms with Gasteiger partial charge < -0.3 is 30.9 Å². The molecule has 7 nitrogen and oxygen atoms in total. The summed E-state index contributed by atoms with van der Waals surface area (Å²) in [4.78, 5) is 2.97. The number of rotatable bonds is 22. The number of benzene rings is 1. The number of hydrogen-bond acceptors (Lipinski definition) is 8. The first-order valence-electron chi connectivity index (χ1n) is 43.2. The first-order valence-corrected chi connectivity index (χ1v) is 44.0. The maximum absolute atomic E-state index is 5.80. The Morgan fingerprint density at radius 2 is 0.667 bits per heavy atom. The fraction of sp³-hybridized carbons (Fsp3) is 0.679. The summed E-state index contributed by atoms with van der Waals surface area (Å²) in [5.74, 6) is 24.0. The Balaban J connectivity index is -0.000000197. The highest BCUT2D eigenvalue weighted by atomic mass is 32.1. The summed E-state index contributed by atoms with van der Waals surface area (Å²) in [5.41, 5.74) is 5.77. The van der Waals surface area contributed by atoms with Gasteiger partial charge in [0.2, 0.25) is 0 Å². The molecule has 8 heteroatoms. The fourth-order valence-electron chi connectivity index (χ4n) is 16.7. The van der Waals surface area contributed by atoms with E-state index in [2.05, 4.69) is 330 Å². The van der Waals surface area contributed by atoms with Gasteiger partial charge in [-0.15, -0.1) is 11.3 Å². The van der Waals surface area contributed by atoms with E-state index in [0.29, 0.717) is 124 Å². The molecule has 0 N–H and O–H groups in total. The van der Waals surface area contributed by atoms with Crippen molar-refractivity contribution in [1.82, 2.24) is 0 Å². The summed E-state index contributed by atoms with van der Waals surface area (Å²) in [6.07, 6.45) is 6.14. The van der Waals surface area contributed by atoms with Gasteiger partial charge in [0.05, 0.1) is 12.5 Å². The lowest BCUT2D eigenvalue weighted by atomic mass is 9.73. The molecule has 8 heterocycles. The highest BCUT2D eigenvalue weighted by Crippen LogP contribution is 2.46. The Bertz CT molecular complexity index is 3770. The van der Waals surface area contributed by atoms with Gasteiger partial charge in [0, 0.05) is 62.5 Å². The number of hydrogen-bond donors (Lipinski definition) is 0. The molecular formula is C112H204O7S. The van der Waals surface area contributed by atoms with Crippen LogP contribution in [0.2, 0.25) is 0 Å². The molecule has 0 aliphatic heterocycles. The minimum atomic E-state index is 0. The first-order chi connectivity index (χ1) is 51.2. The van der Waals surface area contributed by atoms with E-state index in [4.69, 9.17) is 30.9 Å². The second-order valence-electron chi connectivity index (χ2n) is 39.6. The molecule has 0 fully saturated rings. The average molecular weight is 1690 g/mol. The largest absolute Gasteiger partial charge is 0.469 e. The maximum atomic E-state index is 5.80. The number of fused-ring (bicyclic) bond motifs is 1. The Labute approximate surface area is 753 Å². The highest BCUT2D eigenvalue weighted by molar-refractivity contribution is 7.12. The number of furan rings is 7. The van der Waals surface area contributed by atoms with Crippen LogP contribution in [0.5, 0.6) is 0 Å². The second kappa shape index (κ2) is 59.9. The van der Waals surface area contributed by atoms with Crippen molar-refractivity contribution in [2.45, 2.75) is 430 Å². The summed E-state index contributed by atoms with van der Waals surface area (Å²) >= 11 is 1.95. The van der Waals surface area contributed by atoms with Crippen LogP contribution in [0.15, 0.2) is 141 Å². The first kappa shape index (κ1) is 130. The van der Waals surface area contributed by atoms with Gasteiger partial charge in [-0.25, -0.2) is 0 Å². The predicted molar refractivity (Wildman–Crippen MR) is 545 cm³/mol. The van der Waals surface area contributed by atoms with Crippen molar-refractivity contribution in [3.8, 4) is 0 Å². The van der Waals surface area contributed by atoms with E-state index in [-0.39, 0.29) is 77.7 Å². The third kappa shape index (κ3) is 42.2. The van der Waals surface area contributed by atoms with Crippen LogP contribution >= 0.6 is 11.3 Å². The van der Waals surface area contributed by atoms with Crippen molar-refractivity contribution in [1.29, 1.82) is 0 Å². The van der Waals surface area contributed by atoms with E-state index in [1.54, 1.807) is 4.88 Å². The smallest absolute Gasteiger partial charge is 0.134 e. The number of aryl methyl sites for hydroxylation is 6. The van der Waals surface area contributed by atoms with Gasteiger partial charge in [-0.05, 0) is 237 Å². The third-order valence-corrected chi connectivity index (χ3v) is 23.3. The lowest BCUT2D eigenvalue weighted by molar-refractivity contribution is 0.222. The van der Waals surface area contributed by atoms with E-state index in [9.17, 15) is 0 Å². The number of para-hydroxylation sites is 1. The molecule has 0 spiro atoms. The van der Waals surface area contributed by atoms with Crippen molar-refractivity contribution >= 4 is 22.3 Å². The van der Waals surface area contributed by atoms with Crippen LogP contribution in [-0.2, 0) is 0 Å². The van der Waals surface area contributed by atoms with Crippen LogP contribution in [-0.4, -0.2) is 0 Å². The topological polar surface area (TPSA) is 92.0 Å². The molecule has 0 aliphatic rings. The Morgan fingerprint density at radius 3 is 0.967 bits per heavy atom. The van der Waals surface area contributed by atoms with E-state index < -0.39 is 0 Å². The Hall–Kier alpha value is -5.86. The van der Waals surface area contributed by atoms with Crippen molar-refractivity contribution in [3.63, 3.8) is 0 Å². The van der Waals surface area contributed by atoms with Gasteiger partial charge >= 0.3 is 0 Å². The van der Waals surface area contributed by atoms with Gasteiger partial charge in [0.15, 0.2) is 0 Å². The van der Waals surface area contributed by atoms with Gasteiger partial charge in [-0.2, -0.15) is 0 Å². The lowest BCUT2D eigenvalue weighted by Crippen LogP contribution is -2.22. The third-order valence-electron chi connectivity index (χ3n) is 22.2. The summed E-state index contributed by atoms with van der Waals surface area (Å²) in [6.45, 7) is 93.7. The zero-order chi connectivity index (χ0) is 85.2.